The first kappa shape index (κ1) is 19.1. The maximum atomic E-state index is 13.7. The maximum Gasteiger partial charge on any atom is 0.390 e. The largest absolute Gasteiger partial charge is 0.390 e. The van der Waals surface area contributed by atoms with Crippen LogP contribution in [0.1, 0.15) is 19.8 Å². The lowest BCUT2D eigenvalue weighted by molar-refractivity contribution is -0.238. The lowest BCUT2D eigenvalue weighted by Gasteiger charge is -2.32. The minimum Gasteiger partial charge on any atom is -0.255 e. The molecule has 20 heavy (non-hydrogen) atoms. The summed E-state index contributed by atoms with van der Waals surface area (Å²) in [6.45, 7) is 0.560. The smallest absolute Gasteiger partial charge is 0.255 e. The Morgan fingerprint density at radius 1 is 1.05 bits per heavy atom. The van der Waals surface area contributed by atoms with Crippen molar-refractivity contribution in [1.82, 2.24) is 0 Å². The van der Waals surface area contributed by atoms with E-state index in [-0.39, 0.29) is 6.07 Å². The van der Waals surface area contributed by atoms with Crippen molar-refractivity contribution in [1.29, 1.82) is 5.26 Å². The first-order chi connectivity index (χ1) is 8.75. The normalized spacial score (nSPS) is 18.2. The highest BCUT2D eigenvalue weighted by atomic mass is 32.2. The molecule has 2 atom stereocenters. The second-order valence-electron chi connectivity index (χ2n) is 3.75. The van der Waals surface area contributed by atoms with E-state index >= 15 is 0 Å². The summed E-state index contributed by atoms with van der Waals surface area (Å²) in [5.41, 5.74) is 0. The predicted molar refractivity (Wildman–Crippen MR) is 53.3 cm³/mol. The molecule has 11 heteroatoms. The molecule has 2 unspecified atom stereocenters. The summed E-state index contributed by atoms with van der Waals surface area (Å²) in [5.74, 6) is -12.4. The SMILES string of the molecule is CCC(F)(F)C(F)(F)C(F)(C#N)S(=O)CCC(F)(F)F. The number of nitriles is 1. The second kappa shape index (κ2) is 5.83. The molecule has 0 saturated carbocycles. The van der Waals surface area contributed by atoms with E-state index in [1.165, 1.54) is 0 Å². The van der Waals surface area contributed by atoms with Crippen LogP contribution in [-0.4, -0.2) is 33.0 Å². The summed E-state index contributed by atoms with van der Waals surface area (Å²) < 4.78 is 113. The predicted octanol–water partition coefficient (Wildman–Crippen LogP) is 3.56. The average molecular weight is 331 g/mol. The molecule has 0 bridgehead atoms. The van der Waals surface area contributed by atoms with E-state index in [0.717, 1.165) is 0 Å². The summed E-state index contributed by atoms with van der Waals surface area (Å²) in [6, 6.07) is 0.131. The van der Waals surface area contributed by atoms with Crippen LogP contribution in [0.3, 0.4) is 0 Å². The fourth-order valence-electron chi connectivity index (χ4n) is 1.07. The quantitative estimate of drug-likeness (QED) is 0.698. The van der Waals surface area contributed by atoms with Gasteiger partial charge < -0.3 is 0 Å². The first-order valence-electron chi connectivity index (χ1n) is 5.06. The standard InChI is InChI=1S/C9H9F8NOS/c1-2-6(10,11)9(16,17)7(12,5-18)20(19)4-3-8(13,14)15/h2-4H2,1H3. The Morgan fingerprint density at radius 3 is 1.80 bits per heavy atom. The summed E-state index contributed by atoms with van der Waals surface area (Å²) in [6.07, 6.45) is -8.47. The minimum absolute atomic E-state index is 0.131. The number of halogens is 8. The molecule has 0 aliphatic heterocycles. The van der Waals surface area contributed by atoms with Gasteiger partial charge >= 0.3 is 23.0 Å². The Labute approximate surface area is 111 Å². The fourth-order valence-corrected chi connectivity index (χ4v) is 2.31. The summed E-state index contributed by atoms with van der Waals surface area (Å²) in [7, 11) is -3.77. The summed E-state index contributed by atoms with van der Waals surface area (Å²) in [5, 5.41) is 3.36. The molecule has 0 aromatic heterocycles. The Morgan fingerprint density at radius 2 is 1.50 bits per heavy atom. The number of hydrogen-bond acceptors (Lipinski definition) is 2. The van der Waals surface area contributed by atoms with Crippen molar-refractivity contribution in [3.05, 3.63) is 0 Å². The van der Waals surface area contributed by atoms with Gasteiger partial charge in [0.2, 0.25) is 0 Å². The van der Waals surface area contributed by atoms with Crippen LogP contribution in [-0.2, 0) is 10.8 Å². The highest BCUT2D eigenvalue weighted by Crippen LogP contribution is 2.48. The molecule has 2 nitrogen and oxygen atoms in total. The topological polar surface area (TPSA) is 40.9 Å². The van der Waals surface area contributed by atoms with E-state index in [0.29, 0.717) is 6.92 Å². The Kier molecular flexibility index (Phi) is 5.56. The van der Waals surface area contributed by atoms with Gasteiger partial charge in [-0.1, -0.05) is 6.92 Å². The van der Waals surface area contributed by atoms with Crippen molar-refractivity contribution in [3.8, 4) is 6.07 Å². The lowest BCUT2D eigenvalue weighted by atomic mass is 10.0. The van der Waals surface area contributed by atoms with Gasteiger partial charge in [-0.3, -0.25) is 4.21 Å². The van der Waals surface area contributed by atoms with Gasteiger partial charge in [0.1, 0.15) is 6.07 Å². The molecule has 0 spiro atoms. The molecule has 0 aliphatic rings. The van der Waals surface area contributed by atoms with Gasteiger partial charge in [-0.2, -0.15) is 36.0 Å². The maximum absolute atomic E-state index is 13.7. The molecule has 0 saturated heterocycles. The van der Waals surface area contributed by atoms with Crippen molar-refractivity contribution >= 4 is 10.8 Å². The molecule has 0 amide bonds. The third kappa shape index (κ3) is 3.59. The van der Waals surface area contributed by atoms with Crippen molar-refractivity contribution in [2.24, 2.45) is 0 Å². The van der Waals surface area contributed by atoms with Gasteiger partial charge in [-0.25, -0.2) is 4.39 Å². The monoisotopic (exact) mass is 331 g/mol. The van der Waals surface area contributed by atoms with Crippen LogP contribution < -0.4 is 0 Å². The molecular formula is C9H9F8NOS. The molecule has 0 heterocycles. The van der Waals surface area contributed by atoms with Crippen LogP contribution in [0, 0.1) is 11.3 Å². The van der Waals surface area contributed by atoms with Gasteiger partial charge in [0.15, 0.2) is 0 Å². The van der Waals surface area contributed by atoms with Gasteiger partial charge in [-0.15, -0.1) is 0 Å². The molecule has 0 fully saturated rings. The second-order valence-corrected chi connectivity index (χ2v) is 5.42. The number of rotatable bonds is 6. The molecule has 0 N–H and O–H groups in total. The van der Waals surface area contributed by atoms with Crippen LogP contribution in [0.25, 0.3) is 0 Å². The Bertz CT molecular complexity index is 415. The molecule has 0 aromatic rings. The van der Waals surface area contributed by atoms with Crippen molar-refractivity contribution in [3.63, 3.8) is 0 Å². The van der Waals surface area contributed by atoms with Gasteiger partial charge in [-0.05, 0) is 0 Å². The number of nitrogens with zero attached hydrogens (tertiary/aromatic N) is 1. The van der Waals surface area contributed by atoms with Crippen molar-refractivity contribution < 1.29 is 39.3 Å². The highest BCUT2D eigenvalue weighted by Gasteiger charge is 2.72. The zero-order valence-corrected chi connectivity index (χ0v) is 10.7. The number of alkyl halides is 8. The fraction of sp³-hybridized carbons (Fsp3) is 0.889. The van der Waals surface area contributed by atoms with Gasteiger partial charge in [0.05, 0.1) is 17.2 Å². The van der Waals surface area contributed by atoms with Crippen LogP contribution in [0.2, 0.25) is 0 Å². The summed E-state index contributed by atoms with van der Waals surface area (Å²) >= 11 is 0. The van der Waals surface area contributed by atoms with E-state index in [9.17, 15) is 39.3 Å². The van der Waals surface area contributed by atoms with E-state index in [1.54, 1.807) is 0 Å². The Hall–Kier alpha value is -0.920. The van der Waals surface area contributed by atoms with E-state index in [2.05, 4.69) is 0 Å². The zero-order chi connectivity index (χ0) is 16.4. The van der Waals surface area contributed by atoms with Crippen LogP contribution in [0.5, 0.6) is 0 Å². The zero-order valence-electron chi connectivity index (χ0n) is 9.91. The number of hydrogen-bond donors (Lipinski definition) is 0. The third-order valence-electron chi connectivity index (χ3n) is 2.34. The van der Waals surface area contributed by atoms with Crippen molar-refractivity contribution in [2.75, 3.05) is 5.75 Å². The summed E-state index contributed by atoms with van der Waals surface area (Å²) in [4.78, 5) is 0. The van der Waals surface area contributed by atoms with E-state index < -0.39 is 52.4 Å². The molecule has 118 valence electrons. The Balaban J connectivity index is 5.41. The van der Waals surface area contributed by atoms with E-state index in [4.69, 9.17) is 5.26 Å². The molecule has 0 rings (SSSR count). The van der Waals surface area contributed by atoms with Crippen molar-refractivity contribution in [2.45, 2.75) is 42.8 Å². The van der Waals surface area contributed by atoms with Crippen LogP contribution in [0.4, 0.5) is 35.1 Å². The first-order valence-corrected chi connectivity index (χ1v) is 6.38. The van der Waals surface area contributed by atoms with Crippen LogP contribution >= 0.6 is 0 Å². The highest BCUT2D eigenvalue weighted by molar-refractivity contribution is 7.86. The van der Waals surface area contributed by atoms with Gasteiger partial charge in [0, 0.05) is 12.2 Å². The third-order valence-corrected chi connectivity index (χ3v) is 3.89. The van der Waals surface area contributed by atoms with E-state index in [1.807, 2.05) is 0 Å². The minimum atomic E-state index is -5.68. The molecule has 0 aromatic carbocycles. The van der Waals surface area contributed by atoms with Gasteiger partial charge in [0.25, 0.3) is 0 Å². The van der Waals surface area contributed by atoms with Crippen LogP contribution in [0.15, 0.2) is 0 Å². The molecule has 0 radical (unpaired) electrons. The average Bonchev–Trinajstić information content (AvgIpc) is 2.33. The lowest BCUT2D eigenvalue weighted by Crippen LogP contribution is -2.58. The molecular weight excluding hydrogens is 322 g/mol. The molecule has 0 aliphatic carbocycles.